The molecule has 1 unspecified atom stereocenters. The van der Waals surface area contributed by atoms with Gasteiger partial charge < -0.3 is 26.4 Å². The van der Waals surface area contributed by atoms with Crippen molar-refractivity contribution in [2.75, 3.05) is 18.0 Å². The van der Waals surface area contributed by atoms with Gasteiger partial charge in [-0.15, -0.1) is 0 Å². The number of carboxylic acids is 1. The quantitative estimate of drug-likeness (QED) is 0.330. The summed E-state index contributed by atoms with van der Waals surface area (Å²) in [5, 5.41) is 14.6. The number of benzene rings is 1. The Bertz CT molecular complexity index is 1660. The van der Waals surface area contributed by atoms with Gasteiger partial charge in [-0.25, -0.2) is 22.9 Å². The highest BCUT2D eigenvalue weighted by atomic mass is 19.1. The normalized spacial score (nSPS) is 22.7. The molecular weight excluding hydrogens is 545 g/mol. The zero-order valence-electron chi connectivity index (χ0n) is 22.2. The Labute approximate surface area is 231 Å². The number of aromatic carboxylic acids is 1. The molecule has 0 bridgehead atoms. The van der Waals surface area contributed by atoms with E-state index in [2.05, 4.69) is 15.6 Å². The fraction of sp³-hybridized carbons (Fsp3) is 0.370. The van der Waals surface area contributed by atoms with Crippen LogP contribution in [-0.2, 0) is 9.59 Å². The van der Waals surface area contributed by atoms with E-state index in [1.165, 1.54) is 13.8 Å². The fourth-order valence-electron chi connectivity index (χ4n) is 5.47. The molecule has 5 N–H and O–H groups in total. The summed E-state index contributed by atoms with van der Waals surface area (Å²) in [6.45, 7) is 5.47. The first-order valence-corrected chi connectivity index (χ1v) is 12.8. The molecule has 1 saturated carbocycles. The first kappa shape index (κ1) is 28.1. The van der Waals surface area contributed by atoms with E-state index in [1.54, 1.807) is 4.90 Å². The smallest absolute Gasteiger partial charge is 0.341 e. The maximum atomic E-state index is 15.3. The third-order valence-electron chi connectivity index (χ3n) is 7.92. The molecule has 2 aromatic heterocycles. The monoisotopic (exact) mass is 572 g/mol. The maximum Gasteiger partial charge on any atom is 0.341 e. The van der Waals surface area contributed by atoms with Crippen molar-refractivity contribution in [1.29, 1.82) is 0 Å². The van der Waals surface area contributed by atoms with Crippen molar-refractivity contribution >= 4 is 34.6 Å². The van der Waals surface area contributed by atoms with Crippen LogP contribution >= 0.6 is 0 Å². The van der Waals surface area contributed by atoms with E-state index in [1.807, 2.05) is 6.92 Å². The number of carboxylic acid groups (broad SMARTS) is 1. The zero-order chi connectivity index (χ0) is 30.0. The molecule has 2 fully saturated rings. The number of piperidine rings is 1. The zero-order valence-corrected chi connectivity index (χ0v) is 22.2. The minimum atomic E-state index is -1.61. The number of amides is 2. The molecule has 0 radical (unpaired) electrons. The third-order valence-corrected chi connectivity index (χ3v) is 7.92. The molecule has 5 rings (SSSR count). The Morgan fingerprint density at radius 3 is 2.34 bits per heavy atom. The van der Waals surface area contributed by atoms with E-state index in [0.29, 0.717) is 19.2 Å². The number of anilines is 1. The number of pyridine rings is 2. The van der Waals surface area contributed by atoms with E-state index in [-0.39, 0.29) is 34.4 Å². The van der Waals surface area contributed by atoms with Crippen LogP contribution in [0.4, 0.5) is 19.0 Å². The van der Waals surface area contributed by atoms with Gasteiger partial charge in [-0.1, -0.05) is 0 Å². The lowest BCUT2D eigenvalue weighted by molar-refractivity contribution is -0.129. The molecule has 216 valence electrons. The molecule has 0 spiro atoms. The second-order valence-corrected chi connectivity index (χ2v) is 10.7. The summed E-state index contributed by atoms with van der Waals surface area (Å²) in [5.74, 6) is -5.56. The molecule has 5 atom stereocenters. The van der Waals surface area contributed by atoms with Gasteiger partial charge in [0.25, 0.3) is 0 Å². The Morgan fingerprint density at radius 2 is 1.76 bits per heavy atom. The number of nitrogens with zero attached hydrogens (tertiary/aromatic N) is 3. The van der Waals surface area contributed by atoms with E-state index in [0.717, 1.165) is 29.0 Å². The van der Waals surface area contributed by atoms with Crippen molar-refractivity contribution in [2.45, 2.75) is 38.4 Å². The summed E-state index contributed by atoms with van der Waals surface area (Å²) in [6, 6.07) is 1.88. The number of carbonyl (C=O) groups is 3. The van der Waals surface area contributed by atoms with E-state index < -0.39 is 63.9 Å². The van der Waals surface area contributed by atoms with Crippen LogP contribution in [0.3, 0.4) is 0 Å². The molecule has 1 saturated heterocycles. The molecule has 14 heteroatoms. The number of fused-ring (bicyclic) bond motifs is 2. The third kappa shape index (κ3) is 4.77. The van der Waals surface area contributed by atoms with Crippen molar-refractivity contribution in [3.8, 4) is 5.69 Å². The predicted octanol–water partition coefficient (Wildman–Crippen LogP) is 1.29. The number of nitrogens with two attached hydrogens (primary N) is 1. The Hall–Kier alpha value is -4.46. The van der Waals surface area contributed by atoms with Gasteiger partial charge in [0.2, 0.25) is 17.2 Å². The van der Waals surface area contributed by atoms with Crippen LogP contribution in [0.1, 0.15) is 31.1 Å². The second-order valence-electron chi connectivity index (χ2n) is 10.7. The van der Waals surface area contributed by atoms with Crippen molar-refractivity contribution in [3.05, 3.63) is 63.7 Å². The number of nitrogens with one attached hydrogen (secondary N) is 2. The highest BCUT2D eigenvalue weighted by molar-refractivity contribution is 5.93. The number of hydrogen-bond acceptors (Lipinski definition) is 7. The Kier molecular flexibility index (Phi) is 6.76. The molecule has 2 amide bonds. The molecule has 2 aliphatic rings. The summed E-state index contributed by atoms with van der Waals surface area (Å²) >= 11 is 0. The molecule has 1 aliphatic carbocycles. The predicted molar refractivity (Wildman–Crippen MR) is 141 cm³/mol. The van der Waals surface area contributed by atoms with Crippen LogP contribution in [0.15, 0.2) is 35.3 Å². The molecule has 1 aliphatic heterocycles. The number of rotatable bonds is 7. The summed E-state index contributed by atoms with van der Waals surface area (Å²) in [7, 11) is 0. The number of hydrogen-bond donors (Lipinski definition) is 4. The standard InChI is InChI=1S/C27H27F3N6O5/c1-11(31)24(38)32-12(2)25(39)34-27(3)16-9-35(10-17(16)27)23-19(30)7-14-21(37)15(26(40)41)8-36(22(14)33-23)20-5-4-13(28)6-18(20)29/h4-8,11-12,16-17H,9-10,31H2,1-3H3,(H,32,38)(H,34,39)(H,40,41)/t11-,12-,16-,17+,27?/m0/s1. The lowest BCUT2D eigenvalue weighted by Crippen LogP contribution is -2.53. The largest absolute Gasteiger partial charge is 0.477 e. The van der Waals surface area contributed by atoms with Crippen LogP contribution in [0.2, 0.25) is 0 Å². The second kappa shape index (κ2) is 9.87. The van der Waals surface area contributed by atoms with E-state index in [9.17, 15) is 33.1 Å². The number of halogens is 3. The summed E-state index contributed by atoms with van der Waals surface area (Å²) in [4.78, 5) is 55.0. The molecule has 3 heterocycles. The van der Waals surface area contributed by atoms with Gasteiger partial charge in [-0.05, 0) is 39.0 Å². The van der Waals surface area contributed by atoms with Crippen LogP contribution < -0.4 is 26.7 Å². The molecule has 41 heavy (non-hydrogen) atoms. The van der Waals surface area contributed by atoms with E-state index in [4.69, 9.17) is 5.73 Å². The van der Waals surface area contributed by atoms with Gasteiger partial charge in [-0.2, -0.15) is 0 Å². The minimum absolute atomic E-state index is 0.0780. The van der Waals surface area contributed by atoms with Crippen LogP contribution in [0.25, 0.3) is 16.7 Å². The van der Waals surface area contributed by atoms with Crippen LogP contribution in [-0.4, -0.2) is 63.2 Å². The highest BCUT2D eigenvalue weighted by Crippen LogP contribution is 2.55. The minimum Gasteiger partial charge on any atom is -0.477 e. The van der Waals surface area contributed by atoms with Crippen molar-refractivity contribution in [1.82, 2.24) is 20.2 Å². The van der Waals surface area contributed by atoms with Gasteiger partial charge >= 0.3 is 5.97 Å². The van der Waals surface area contributed by atoms with Crippen molar-refractivity contribution in [2.24, 2.45) is 17.6 Å². The molecular formula is C27H27F3N6O5. The number of carbonyl (C=O) groups excluding carboxylic acids is 2. The van der Waals surface area contributed by atoms with Gasteiger partial charge in [0.15, 0.2) is 17.3 Å². The van der Waals surface area contributed by atoms with Gasteiger partial charge in [0.1, 0.15) is 23.2 Å². The van der Waals surface area contributed by atoms with Gasteiger partial charge in [-0.3, -0.25) is 19.0 Å². The van der Waals surface area contributed by atoms with Crippen molar-refractivity contribution in [3.63, 3.8) is 0 Å². The Morgan fingerprint density at radius 1 is 1.10 bits per heavy atom. The molecule has 11 nitrogen and oxygen atoms in total. The average molecular weight is 573 g/mol. The first-order chi connectivity index (χ1) is 19.2. The van der Waals surface area contributed by atoms with Crippen molar-refractivity contribution < 1.29 is 32.7 Å². The SMILES string of the molecule is C[C@H](N)C(=O)N[C@@H](C)C(=O)NC1(C)[C@@H]2CN(c3nc4c(cc3F)c(=O)c(C(=O)O)cn4-c3ccc(F)cc3F)C[C@@H]21. The lowest BCUT2D eigenvalue weighted by atomic mass is 10.1. The first-order valence-electron chi connectivity index (χ1n) is 12.8. The van der Waals surface area contributed by atoms with Crippen LogP contribution in [0.5, 0.6) is 0 Å². The van der Waals surface area contributed by atoms with Gasteiger partial charge in [0.05, 0.1) is 17.1 Å². The molecule has 1 aromatic carbocycles. The average Bonchev–Trinajstić information content (AvgIpc) is 3.21. The summed E-state index contributed by atoms with van der Waals surface area (Å²) in [6.07, 6.45) is 0.872. The highest BCUT2D eigenvalue weighted by Gasteiger charge is 2.66. The molecule has 3 aromatic rings. The summed E-state index contributed by atoms with van der Waals surface area (Å²) < 4.78 is 44.6. The maximum absolute atomic E-state index is 15.3. The lowest BCUT2D eigenvalue weighted by Gasteiger charge is -2.27. The van der Waals surface area contributed by atoms with Crippen LogP contribution in [0, 0.1) is 29.3 Å². The van der Waals surface area contributed by atoms with E-state index >= 15 is 4.39 Å². The fourth-order valence-corrected chi connectivity index (χ4v) is 5.47. The Balaban J connectivity index is 1.44. The van der Waals surface area contributed by atoms with Gasteiger partial charge in [0, 0.05) is 42.7 Å². The number of aromatic nitrogens is 2. The topological polar surface area (TPSA) is 160 Å². The summed E-state index contributed by atoms with van der Waals surface area (Å²) in [5.41, 5.74) is 2.69.